The van der Waals surface area contributed by atoms with E-state index in [2.05, 4.69) is 6.07 Å². The van der Waals surface area contributed by atoms with E-state index < -0.39 is 0 Å². The number of rotatable bonds is 4. The number of benzene rings is 3. The van der Waals surface area contributed by atoms with Gasteiger partial charge in [0.25, 0.3) is 0 Å². The van der Waals surface area contributed by atoms with Crippen LogP contribution in [0, 0.1) is 0 Å². The van der Waals surface area contributed by atoms with Crippen molar-refractivity contribution < 1.29 is 9.47 Å². The molecule has 0 spiro atoms. The van der Waals surface area contributed by atoms with Crippen LogP contribution in [0.15, 0.2) is 66.7 Å². The lowest BCUT2D eigenvalue weighted by Crippen LogP contribution is -1.88. The third kappa shape index (κ3) is 3.49. The summed E-state index contributed by atoms with van der Waals surface area (Å²) in [6.07, 6.45) is 0. The van der Waals surface area contributed by atoms with Crippen molar-refractivity contribution in [3.05, 3.63) is 71.8 Å². The predicted molar refractivity (Wildman–Crippen MR) is 95.4 cm³/mol. The van der Waals surface area contributed by atoms with Crippen LogP contribution in [0.25, 0.3) is 22.3 Å². The second-order valence-electron chi connectivity index (χ2n) is 5.19. The van der Waals surface area contributed by atoms with E-state index in [1.54, 1.807) is 14.2 Å². The molecule has 23 heavy (non-hydrogen) atoms. The summed E-state index contributed by atoms with van der Waals surface area (Å²) in [7, 11) is 3.35. The topological polar surface area (TPSA) is 18.5 Å². The highest BCUT2D eigenvalue weighted by atomic mass is 35.5. The van der Waals surface area contributed by atoms with Crippen molar-refractivity contribution in [1.29, 1.82) is 0 Å². The number of hydrogen-bond donors (Lipinski definition) is 0. The molecule has 0 aliphatic rings. The summed E-state index contributed by atoms with van der Waals surface area (Å²) in [5.74, 6) is 1.66. The van der Waals surface area contributed by atoms with Gasteiger partial charge in [-0.05, 0) is 64.7 Å². The molecule has 3 rings (SSSR count). The first-order valence-electron chi connectivity index (χ1n) is 7.29. The fourth-order valence-electron chi connectivity index (χ4n) is 2.48. The fraction of sp³-hybridized carbons (Fsp3) is 0.100. The Balaban J connectivity index is 2.06. The van der Waals surface area contributed by atoms with E-state index in [9.17, 15) is 0 Å². The molecule has 0 bridgehead atoms. The summed E-state index contributed by atoms with van der Waals surface area (Å²) in [6.45, 7) is 0. The fourth-order valence-corrected chi connectivity index (χ4v) is 2.60. The Labute approximate surface area is 141 Å². The zero-order chi connectivity index (χ0) is 16.2. The maximum Gasteiger partial charge on any atom is 0.120 e. The minimum atomic E-state index is 0.729. The van der Waals surface area contributed by atoms with Crippen LogP contribution in [-0.2, 0) is 0 Å². The zero-order valence-corrected chi connectivity index (χ0v) is 13.8. The van der Waals surface area contributed by atoms with Crippen molar-refractivity contribution in [1.82, 2.24) is 0 Å². The summed E-state index contributed by atoms with van der Waals surface area (Å²) in [5.41, 5.74) is 4.40. The van der Waals surface area contributed by atoms with E-state index in [4.69, 9.17) is 21.1 Å². The van der Waals surface area contributed by atoms with Crippen LogP contribution >= 0.6 is 11.6 Å². The highest BCUT2D eigenvalue weighted by Crippen LogP contribution is 2.32. The first-order valence-corrected chi connectivity index (χ1v) is 7.67. The van der Waals surface area contributed by atoms with Crippen LogP contribution in [0.2, 0.25) is 5.02 Å². The number of halogens is 1. The maximum absolute atomic E-state index is 5.98. The monoisotopic (exact) mass is 324 g/mol. The predicted octanol–water partition coefficient (Wildman–Crippen LogP) is 5.69. The molecule has 0 aliphatic carbocycles. The lowest BCUT2D eigenvalue weighted by Gasteiger charge is -2.10. The van der Waals surface area contributed by atoms with E-state index in [0.717, 1.165) is 38.8 Å². The minimum absolute atomic E-state index is 0.729. The van der Waals surface area contributed by atoms with E-state index in [1.807, 2.05) is 60.7 Å². The van der Waals surface area contributed by atoms with Crippen LogP contribution in [0.4, 0.5) is 0 Å². The lowest BCUT2D eigenvalue weighted by atomic mass is 9.98. The first-order chi connectivity index (χ1) is 11.2. The Bertz CT molecular complexity index is 793. The first kappa shape index (κ1) is 15.4. The molecular weight excluding hydrogens is 308 g/mol. The summed E-state index contributed by atoms with van der Waals surface area (Å²) in [5, 5.41) is 0.729. The quantitative estimate of drug-likeness (QED) is 0.613. The average Bonchev–Trinajstić information content (AvgIpc) is 2.62. The average molecular weight is 325 g/mol. The van der Waals surface area contributed by atoms with Crippen molar-refractivity contribution in [3.8, 4) is 33.8 Å². The van der Waals surface area contributed by atoms with Gasteiger partial charge in [-0.3, -0.25) is 0 Å². The van der Waals surface area contributed by atoms with Gasteiger partial charge in [-0.15, -0.1) is 0 Å². The molecule has 0 saturated heterocycles. The van der Waals surface area contributed by atoms with Crippen LogP contribution in [0.5, 0.6) is 11.5 Å². The highest BCUT2D eigenvalue weighted by molar-refractivity contribution is 6.30. The molecular formula is C20H17ClO2. The third-order valence-corrected chi connectivity index (χ3v) is 4.00. The lowest BCUT2D eigenvalue weighted by molar-refractivity contribution is 0.414. The second kappa shape index (κ2) is 6.76. The maximum atomic E-state index is 5.98. The van der Waals surface area contributed by atoms with E-state index >= 15 is 0 Å². The largest absolute Gasteiger partial charge is 0.497 e. The van der Waals surface area contributed by atoms with Gasteiger partial charge in [0, 0.05) is 5.02 Å². The van der Waals surface area contributed by atoms with Crippen LogP contribution < -0.4 is 9.47 Å². The van der Waals surface area contributed by atoms with Gasteiger partial charge in [0.15, 0.2) is 0 Å². The number of ether oxygens (including phenoxy) is 2. The van der Waals surface area contributed by atoms with Gasteiger partial charge in [-0.1, -0.05) is 35.9 Å². The van der Waals surface area contributed by atoms with E-state index in [0.29, 0.717) is 0 Å². The smallest absolute Gasteiger partial charge is 0.120 e. The Morgan fingerprint density at radius 1 is 0.565 bits per heavy atom. The standard InChI is InChI=1S/C20H17ClO2/c1-22-19-9-5-15(6-10-19)17-11-16(12-20(13-17)23-2)14-3-7-18(21)8-4-14/h3-13H,1-2H3. The summed E-state index contributed by atoms with van der Waals surface area (Å²) in [6, 6.07) is 22.0. The Morgan fingerprint density at radius 2 is 1.04 bits per heavy atom. The molecule has 0 aromatic heterocycles. The molecule has 0 heterocycles. The van der Waals surface area contributed by atoms with Gasteiger partial charge >= 0.3 is 0 Å². The van der Waals surface area contributed by atoms with Crippen molar-refractivity contribution in [3.63, 3.8) is 0 Å². The zero-order valence-electron chi connectivity index (χ0n) is 13.0. The van der Waals surface area contributed by atoms with Crippen LogP contribution in [-0.4, -0.2) is 14.2 Å². The van der Waals surface area contributed by atoms with E-state index in [1.165, 1.54) is 0 Å². The molecule has 0 N–H and O–H groups in total. The second-order valence-corrected chi connectivity index (χ2v) is 5.62. The summed E-state index contributed by atoms with van der Waals surface area (Å²) in [4.78, 5) is 0. The third-order valence-electron chi connectivity index (χ3n) is 3.74. The Kier molecular flexibility index (Phi) is 4.54. The van der Waals surface area contributed by atoms with Crippen molar-refractivity contribution >= 4 is 11.6 Å². The van der Waals surface area contributed by atoms with Crippen molar-refractivity contribution in [2.75, 3.05) is 14.2 Å². The van der Waals surface area contributed by atoms with Crippen LogP contribution in [0.1, 0.15) is 0 Å². The molecule has 0 saturated carbocycles. The minimum Gasteiger partial charge on any atom is -0.497 e. The van der Waals surface area contributed by atoms with Gasteiger partial charge in [-0.25, -0.2) is 0 Å². The van der Waals surface area contributed by atoms with Gasteiger partial charge in [0.2, 0.25) is 0 Å². The highest BCUT2D eigenvalue weighted by Gasteiger charge is 2.06. The molecule has 0 atom stereocenters. The molecule has 3 aromatic rings. The van der Waals surface area contributed by atoms with Crippen molar-refractivity contribution in [2.24, 2.45) is 0 Å². The Morgan fingerprint density at radius 3 is 1.52 bits per heavy atom. The molecule has 0 amide bonds. The molecule has 2 nitrogen and oxygen atoms in total. The van der Waals surface area contributed by atoms with E-state index in [-0.39, 0.29) is 0 Å². The summed E-state index contributed by atoms with van der Waals surface area (Å²) >= 11 is 5.98. The molecule has 0 aliphatic heterocycles. The number of hydrogen-bond acceptors (Lipinski definition) is 2. The van der Waals surface area contributed by atoms with Gasteiger partial charge < -0.3 is 9.47 Å². The van der Waals surface area contributed by atoms with Crippen molar-refractivity contribution in [2.45, 2.75) is 0 Å². The van der Waals surface area contributed by atoms with Gasteiger partial charge in [0.1, 0.15) is 11.5 Å². The molecule has 3 heteroatoms. The molecule has 0 radical (unpaired) electrons. The normalized spacial score (nSPS) is 10.4. The van der Waals surface area contributed by atoms with Gasteiger partial charge in [0.05, 0.1) is 14.2 Å². The Hall–Kier alpha value is -2.45. The molecule has 116 valence electrons. The molecule has 3 aromatic carbocycles. The van der Waals surface area contributed by atoms with Crippen LogP contribution in [0.3, 0.4) is 0 Å². The SMILES string of the molecule is COc1ccc(-c2cc(OC)cc(-c3ccc(Cl)cc3)c2)cc1. The number of methoxy groups -OCH3 is 2. The van der Waals surface area contributed by atoms with Gasteiger partial charge in [-0.2, -0.15) is 0 Å². The molecule has 0 unspecified atom stereocenters. The summed E-state index contributed by atoms with van der Waals surface area (Å²) < 4.78 is 10.7. The molecule has 0 fully saturated rings.